The first kappa shape index (κ1) is 9.94. The van der Waals surface area contributed by atoms with Crippen LogP contribution in [0.5, 0.6) is 0 Å². The largest absolute Gasteiger partial charge is 0.360 e. The molecule has 15 heavy (non-hydrogen) atoms. The molecule has 3 nitrogen and oxygen atoms in total. The van der Waals surface area contributed by atoms with Crippen molar-refractivity contribution in [1.82, 2.24) is 9.97 Å². The minimum atomic E-state index is -0.0706. The van der Waals surface area contributed by atoms with Gasteiger partial charge in [0.2, 0.25) is 0 Å². The third-order valence-electron chi connectivity index (χ3n) is 2.26. The fourth-order valence-corrected chi connectivity index (χ4v) is 2.33. The highest BCUT2D eigenvalue weighted by Crippen LogP contribution is 2.26. The molecule has 0 saturated heterocycles. The third-order valence-corrected chi connectivity index (χ3v) is 3.22. The highest BCUT2D eigenvalue weighted by atomic mass is 32.1. The van der Waals surface area contributed by atoms with E-state index in [-0.39, 0.29) is 5.92 Å². The van der Waals surface area contributed by atoms with Gasteiger partial charge in [-0.05, 0) is 18.6 Å². The van der Waals surface area contributed by atoms with Crippen LogP contribution in [-0.2, 0) is 0 Å². The number of nitriles is 1. The molecule has 0 radical (unpaired) electrons. The first-order chi connectivity index (χ1) is 7.35. The number of rotatable bonds is 3. The molecule has 0 spiro atoms. The van der Waals surface area contributed by atoms with Gasteiger partial charge in [-0.3, -0.25) is 0 Å². The zero-order chi connectivity index (χ0) is 10.7. The summed E-state index contributed by atoms with van der Waals surface area (Å²) in [7, 11) is 0. The average Bonchev–Trinajstić information content (AvgIpc) is 2.89. The molecule has 4 heteroatoms. The van der Waals surface area contributed by atoms with Gasteiger partial charge in [-0.1, -0.05) is 6.92 Å². The molecule has 0 aliphatic heterocycles. The normalized spacial score (nSPS) is 12.3. The number of nitrogens with one attached hydrogen (secondary N) is 1. The number of H-pyrrole nitrogens is 1. The molecule has 0 saturated carbocycles. The number of nitrogens with zero attached hydrogens (tertiary/aromatic N) is 2. The van der Waals surface area contributed by atoms with Gasteiger partial charge in [-0.15, -0.1) is 11.3 Å². The Hall–Kier alpha value is -1.60. The van der Waals surface area contributed by atoms with E-state index in [4.69, 9.17) is 5.26 Å². The molecule has 0 aliphatic rings. The molecule has 2 aromatic heterocycles. The minimum absolute atomic E-state index is 0.0706. The quantitative estimate of drug-likeness (QED) is 0.858. The summed E-state index contributed by atoms with van der Waals surface area (Å²) in [6.45, 7) is 2.00. The molecule has 2 aromatic rings. The molecule has 0 aromatic carbocycles. The highest BCUT2D eigenvalue weighted by Gasteiger charge is 2.13. The van der Waals surface area contributed by atoms with E-state index in [0.29, 0.717) is 0 Å². The lowest BCUT2D eigenvalue weighted by Gasteiger charge is -1.98. The summed E-state index contributed by atoms with van der Waals surface area (Å²) in [5, 5.41) is 11.8. The molecule has 0 aliphatic carbocycles. The summed E-state index contributed by atoms with van der Waals surface area (Å²) in [6.07, 6.45) is 2.68. The van der Waals surface area contributed by atoms with Crippen molar-refractivity contribution in [2.45, 2.75) is 19.3 Å². The molecule has 0 fully saturated rings. The molecular formula is C11H11N3S. The Morgan fingerprint density at radius 2 is 2.53 bits per heavy atom. The predicted octanol–water partition coefficient (Wildman–Crippen LogP) is 3.16. The Morgan fingerprint density at radius 3 is 3.13 bits per heavy atom. The molecule has 0 amide bonds. The lowest BCUT2D eigenvalue weighted by atomic mass is 10.1. The van der Waals surface area contributed by atoms with Gasteiger partial charge in [0.25, 0.3) is 0 Å². The fraction of sp³-hybridized carbons (Fsp3) is 0.273. The van der Waals surface area contributed by atoms with E-state index in [0.717, 1.165) is 22.8 Å². The molecule has 1 N–H and O–H groups in total. The van der Waals surface area contributed by atoms with Gasteiger partial charge in [0.1, 0.15) is 5.01 Å². The first-order valence-electron chi connectivity index (χ1n) is 4.84. The van der Waals surface area contributed by atoms with E-state index in [1.165, 1.54) is 0 Å². The van der Waals surface area contributed by atoms with Crippen LogP contribution in [0.2, 0.25) is 0 Å². The summed E-state index contributed by atoms with van der Waals surface area (Å²) in [5.74, 6) is -0.0706. The van der Waals surface area contributed by atoms with Crippen LogP contribution in [0.4, 0.5) is 0 Å². The minimum Gasteiger partial charge on any atom is -0.360 e. The number of thiazole rings is 1. The van der Waals surface area contributed by atoms with Gasteiger partial charge in [0.15, 0.2) is 0 Å². The van der Waals surface area contributed by atoms with Crippen LogP contribution in [0.25, 0.3) is 11.4 Å². The van der Waals surface area contributed by atoms with E-state index in [9.17, 15) is 0 Å². The van der Waals surface area contributed by atoms with Crippen LogP contribution in [-0.4, -0.2) is 9.97 Å². The zero-order valence-electron chi connectivity index (χ0n) is 8.40. The van der Waals surface area contributed by atoms with E-state index in [1.54, 1.807) is 11.3 Å². The summed E-state index contributed by atoms with van der Waals surface area (Å²) >= 11 is 1.55. The van der Waals surface area contributed by atoms with Gasteiger partial charge in [0.05, 0.1) is 23.4 Å². The van der Waals surface area contributed by atoms with Crippen LogP contribution < -0.4 is 0 Å². The topological polar surface area (TPSA) is 52.5 Å². The Morgan fingerprint density at radius 1 is 1.67 bits per heavy atom. The van der Waals surface area contributed by atoms with Crippen molar-refractivity contribution in [2.75, 3.05) is 0 Å². The van der Waals surface area contributed by atoms with Crippen LogP contribution >= 0.6 is 11.3 Å². The SMILES string of the molecule is CCC(C#N)c1nc(-c2ccc[nH]2)cs1. The molecule has 1 atom stereocenters. The van der Waals surface area contributed by atoms with E-state index >= 15 is 0 Å². The van der Waals surface area contributed by atoms with Gasteiger partial charge < -0.3 is 4.98 Å². The van der Waals surface area contributed by atoms with Crippen molar-refractivity contribution in [3.05, 3.63) is 28.7 Å². The van der Waals surface area contributed by atoms with Crippen molar-refractivity contribution in [3.63, 3.8) is 0 Å². The Bertz CT molecular complexity index is 464. The Labute approximate surface area is 92.4 Å². The molecule has 0 bridgehead atoms. The maximum absolute atomic E-state index is 8.93. The first-order valence-corrected chi connectivity index (χ1v) is 5.72. The Kier molecular flexibility index (Phi) is 2.84. The van der Waals surface area contributed by atoms with Crippen molar-refractivity contribution >= 4 is 11.3 Å². The summed E-state index contributed by atoms with van der Waals surface area (Å²) in [5.41, 5.74) is 1.93. The predicted molar refractivity (Wildman–Crippen MR) is 60.5 cm³/mol. The van der Waals surface area contributed by atoms with Gasteiger partial charge >= 0.3 is 0 Å². The van der Waals surface area contributed by atoms with Crippen LogP contribution in [0.15, 0.2) is 23.7 Å². The van der Waals surface area contributed by atoms with Crippen molar-refractivity contribution in [1.29, 1.82) is 5.26 Å². The third kappa shape index (κ3) is 1.92. The lowest BCUT2D eigenvalue weighted by molar-refractivity contribution is 0.810. The average molecular weight is 217 g/mol. The monoisotopic (exact) mass is 217 g/mol. The van der Waals surface area contributed by atoms with E-state index in [2.05, 4.69) is 16.0 Å². The molecular weight excluding hydrogens is 206 g/mol. The van der Waals surface area contributed by atoms with E-state index < -0.39 is 0 Å². The fourth-order valence-electron chi connectivity index (χ4n) is 1.38. The molecule has 2 rings (SSSR count). The van der Waals surface area contributed by atoms with Gasteiger partial charge in [-0.2, -0.15) is 5.26 Å². The van der Waals surface area contributed by atoms with Crippen molar-refractivity contribution in [3.8, 4) is 17.5 Å². The second-order valence-electron chi connectivity index (χ2n) is 3.24. The molecule has 1 unspecified atom stereocenters. The van der Waals surface area contributed by atoms with E-state index in [1.807, 2.05) is 30.6 Å². The molecule has 2 heterocycles. The molecule has 76 valence electrons. The second-order valence-corrected chi connectivity index (χ2v) is 4.13. The number of aromatic nitrogens is 2. The summed E-state index contributed by atoms with van der Waals surface area (Å²) in [4.78, 5) is 7.56. The number of aromatic amines is 1. The smallest absolute Gasteiger partial charge is 0.111 e. The standard InChI is InChI=1S/C11H11N3S/c1-2-8(6-12)11-14-10(7-15-11)9-4-3-5-13-9/h3-5,7-8,13H,2H2,1H3. The summed E-state index contributed by atoms with van der Waals surface area (Å²) in [6, 6.07) is 6.18. The van der Waals surface area contributed by atoms with Crippen LogP contribution in [0, 0.1) is 11.3 Å². The van der Waals surface area contributed by atoms with Crippen LogP contribution in [0.1, 0.15) is 24.3 Å². The zero-order valence-corrected chi connectivity index (χ0v) is 9.21. The lowest BCUT2D eigenvalue weighted by Crippen LogP contribution is -1.92. The summed E-state index contributed by atoms with van der Waals surface area (Å²) < 4.78 is 0. The Balaban J connectivity index is 2.29. The number of hydrogen-bond donors (Lipinski definition) is 1. The van der Waals surface area contributed by atoms with Crippen molar-refractivity contribution < 1.29 is 0 Å². The number of hydrogen-bond acceptors (Lipinski definition) is 3. The maximum atomic E-state index is 8.93. The van der Waals surface area contributed by atoms with Crippen LogP contribution in [0.3, 0.4) is 0 Å². The van der Waals surface area contributed by atoms with Gasteiger partial charge in [-0.25, -0.2) is 4.98 Å². The highest BCUT2D eigenvalue weighted by molar-refractivity contribution is 7.10. The van der Waals surface area contributed by atoms with Crippen molar-refractivity contribution in [2.24, 2.45) is 0 Å². The maximum Gasteiger partial charge on any atom is 0.111 e. The second kappa shape index (κ2) is 4.28. The van der Waals surface area contributed by atoms with Gasteiger partial charge in [0, 0.05) is 11.6 Å².